The summed E-state index contributed by atoms with van der Waals surface area (Å²) in [7, 11) is 1.59. The minimum Gasteiger partial charge on any atom is -0.497 e. The summed E-state index contributed by atoms with van der Waals surface area (Å²) >= 11 is 0. The van der Waals surface area contributed by atoms with E-state index in [2.05, 4.69) is 9.88 Å². The Bertz CT molecular complexity index is 915. The van der Waals surface area contributed by atoms with Gasteiger partial charge in [-0.05, 0) is 80.4 Å². The second kappa shape index (κ2) is 10.6. The van der Waals surface area contributed by atoms with E-state index in [1.165, 1.54) is 32.1 Å². The molecule has 0 bridgehead atoms. The summed E-state index contributed by atoms with van der Waals surface area (Å²) < 4.78 is 20.6. The van der Waals surface area contributed by atoms with Crippen LogP contribution in [0.4, 0.5) is 4.39 Å². The van der Waals surface area contributed by atoms with E-state index < -0.39 is 18.1 Å². The Morgan fingerprint density at radius 1 is 1.25 bits per heavy atom. The maximum atomic E-state index is 15.3. The van der Waals surface area contributed by atoms with Gasteiger partial charge in [-0.3, -0.25) is 9.78 Å². The van der Waals surface area contributed by atoms with Crippen LogP contribution in [0.5, 0.6) is 5.75 Å². The van der Waals surface area contributed by atoms with Crippen molar-refractivity contribution in [2.75, 3.05) is 26.7 Å². The number of aliphatic carboxylic acids is 1. The molecule has 3 atom stereocenters. The van der Waals surface area contributed by atoms with Crippen molar-refractivity contribution in [2.24, 2.45) is 17.8 Å². The number of ether oxygens (including phenoxy) is 1. The Labute approximate surface area is 190 Å². The number of pyridine rings is 1. The topological polar surface area (TPSA) is 62.7 Å². The summed E-state index contributed by atoms with van der Waals surface area (Å²) in [5.41, 5.74) is 1.35. The number of nitrogens with zero attached hydrogens (tertiary/aromatic N) is 2. The van der Waals surface area contributed by atoms with Gasteiger partial charge >= 0.3 is 5.97 Å². The number of aromatic nitrogens is 1. The van der Waals surface area contributed by atoms with Gasteiger partial charge in [0.2, 0.25) is 0 Å². The first kappa shape index (κ1) is 23.0. The van der Waals surface area contributed by atoms with Gasteiger partial charge in [0.25, 0.3) is 0 Å². The molecular formula is C26H35FN2O3. The van der Waals surface area contributed by atoms with Gasteiger partial charge < -0.3 is 14.7 Å². The summed E-state index contributed by atoms with van der Waals surface area (Å²) in [4.78, 5) is 18.6. The van der Waals surface area contributed by atoms with Crippen molar-refractivity contribution >= 4 is 16.9 Å². The maximum absolute atomic E-state index is 15.3. The van der Waals surface area contributed by atoms with Gasteiger partial charge in [0.1, 0.15) is 11.9 Å². The molecule has 32 heavy (non-hydrogen) atoms. The number of carboxylic acids is 1. The molecule has 5 nitrogen and oxygen atoms in total. The van der Waals surface area contributed by atoms with Gasteiger partial charge in [0.15, 0.2) is 0 Å². The third-order valence-corrected chi connectivity index (χ3v) is 7.60. The van der Waals surface area contributed by atoms with E-state index in [1.807, 2.05) is 18.2 Å². The van der Waals surface area contributed by atoms with Crippen LogP contribution in [0.3, 0.4) is 0 Å². The molecule has 4 rings (SSSR count). The lowest BCUT2D eigenvalue weighted by Gasteiger charge is -2.37. The number of halogens is 1. The van der Waals surface area contributed by atoms with E-state index in [4.69, 9.17) is 4.74 Å². The second-order valence-corrected chi connectivity index (χ2v) is 9.56. The minimum absolute atomic E-state index is 0.0242. The summed E-state index contributed by atoms with van der Waals surface area (Å²) in [5.74, 6) is 0.368. The van der Waals surface area contributed by atoms with Crippen LogP contribution >= 0.6 is 0 Å². The van der Waals surface area contributed by atoms with Crippen LogP contribution in [0.2, 0.25) is 0 Å². The normalized spacial score (nSPS) is 23.4. The van der Waals surface area contributed by atoms with E-state index in [0.717, 1.165) is 36.3 Å². The number of benzene rings is 1. The Balaban J connectivity index is 1.36. The van der Waals surface area contributed by atoms with E-state index in [9.17, 15) is 9.90 Å². The van der Waals surface area contributed by atoms with Crippen molar-refractivity contribution in [1.82, 2.24) is 9.88 Å². The lowest BCUT2D eigenvalue weighted by molar-refractivity contribution is -0.146. The third kappa shape index (κ3) is 5.40. The fourth-order valence-corrected chi connectivity index (χ4v) is 5.62. The van der Waals surface area contributed by atoms with Crippen molar-refractivity contribution in [1.29, 1.82) is 0 Å². The predicted molar refractivity (Wildman–Crippen MR) is 124 cm³/mol. The zero-order chi connectivity index (χ0) is 22.5. The Hall–Kier alpha value is -2.21. The quantitative estimate of drug-likeness (QED) is 0.545. The van der Waals surface area contributed by atoms with Crippen LogP contribution in [0, 0.1) is 17.8 Å². The zero-order valence-corrected chi connectivity index (χ0v) is 19.0. The average molecular weight is 443 g/mol. The molecule has 1 saturated heterocycles. The standard InChI is InChI=1S/C26H35FN2O3/c1-32-20-7-9-25-22(16-20)21(10-13-28-25)24(27)8-6-19-12-15-29(17-23(19)26(30)31)14-11-18-4-2-3-5-18/h7,9-10,13,16,18-19,23-24H,2-6,8,11-12,14-15,17H2,1H3,(H,30,31)/t19-,23+,24-/m1/s1. The summed E-state index contributed by atoms with van der Waals surface area (Å²) in [5, 5.41) is 10.6. The van der Waals surface area contributed by atoms with Crippen LogP contribution in [-0.2, 0) is 4.79 Å². The molecule has 1 aliphatic heterocycles. The fraction of sp³-hybridized carbons (Fsp3) is 0.615. The van der Waals surface area contributed by atoms with Crippen LogP contribution < -0.4 is 4.74 Å². The molecule has 0 amide bonds. The van der Waals surface area contributed by atoms with Crippen molar-refractivity contribution < 1.29 is 19.0 Å². The van der Waals surface area contributed by atoms with Gasteiger partial charge in [0, 0.05) is 18.1 Å². The highest BCUT2D eigenvalue weighted by Crippen LogP contribution is 2.36. The Morgan fingerprint density at radius 2 is 2.06 bits per heavy atom. The van der Waals surface area contributed by atoms with Gasteiger partial charge in [-0.2, -0.15) is 0 Å². The van der Waals surface area contributed by atoms with Crippen LogP contribution in [0.15, 0.2) is 30.5 Å². The minimum atomic E-state index is -1.15. The number of hydrogen-bond acceptors (Lipinski definition) is 4. The van der Waals surface area contributed by atoms with E-state index in [1.54, 1.807) is 19.4 Å². The summed E-state index contributed by atoms with van der Waals surface area (Å²) in [6.07, 6.45) is 8.75. The molecule has 0 radical (unpaired) electrons. The highest BCUT2D eigenvalue weighted by atomic mass is 19.1. The monoisotopic (exact) mass is 442 g/mol. The second-order valence-electron chi connectivity index (χ2n) is 9.56. The lowest BCUT2D eigenvalue weighted by Crippen LogP contribution is -2.44. The predicted octanol–water partition coefficient (Wildman–Crippen LogP) is 5.64. The first-order valence-electron chi connectivity index (χ1n) is 12.1. The molecule has 0 spiro atoms. The highest BCUT2D eigenvalue weighted by molar-refractivity contribution is 5.83. The Kier molecular flexibility index (Phi) is 7.61. The molecule has 2 heterocycles. The van der Waals surface area contributed by atoms with Crippen LogP contribution in [-0.4, -0.2) is 47.7 Å². The zero-order valence-electron chi connectivity index (χ0n) is 19.0. The molecule has 1 aromatic carbocycles. The number of hydrogen-bond donors (Lipinski definition) is 1. The molecule has 2 fully saturated rings. The molecule has 1 aromatic heterocycles. The van der Waals surface area contributed by atoms with Gasteiger partial charge in [-0.1, -0.05) is 25.7 Å². The lowest BCUT2D eigenvalue weighted by atomic mass is 9.81. The van der Waals surface area contributed by atoms with E-state index in [-0.39, 0.29) is 5.92 Å². The number of alkyl halides is 1. The molecule has 174 valence electrons. The maximum Gasteiger partial charge on any atom is 0.308 e. The van der Waals surface area contributed by atoms with Crippen molar-refractivity contribution in [3.8, 4) is 5.75 Å². The molecule has 0 unspecified atom stereocenters. The number of likely N-dealkylation sites (tertiary alicyclic amines) is 1. The first-order chi connectivity index (χ1) is 15.5. The van der Waals surface area contributed by atoms with E-state index >= 15 is 4.39 Å². The number of rotatable bonds is 9. The van der Waals surface area contributed by atoms with E-state index in [0.29, 0.717) is 30.7 Å². The van der Waals surface area contributed by atoms with Crippen molar-refractivity contribution in [3.05, 3.63) is 36.0 Å². The highest BCUT2D eigenvalue weighted by Gasteiger charge is 2.34. The molecular weight excluding hydrogens is 407 g/mol. The number of carbonyl (C=O) groups is 1. The smallest absolute Gasteiger partial charge is 0.308 e. The Morgan fingerprint density at radius 3 is 2.81 bits per heavy atom. The number of fused-ring (bicyclic) bond motifs is 1. The molecule has 6 heteroatoms. The summed E-state index contributed by atoms with van der Waals surface area (Å²) in [6.45, 7) is 2.52. The number of methoxy groups -OCH3 is 1. The average Bonchev–Trinajstić information content (AvgIpc) is 3.34. The molecule has 1 N–H and O–H groups in total. The summed E-state index contributed by atoms with van der Waals surface area (Å²) in [6, 6.07) is 7.22. The van der Waals surface area contributed by atoms with Gasteiger partial charge in [0.05, 0.1) is 18.5 Å². The van der Waals surface area contributed by atoms with Crippen molar-refractivity contribution in [2.45, 2.75) is 57.5 Å². The van der Waals surface area contributed by atoms with Gasteiger partial charge in [-0.15, -0.1) is 0 Å². The number of carboxylic acid groups (broad SMARTS) is 1. The third-order valence-electron chi connectivity index (χ3n) is 7.60. The number of piperidine rings is 1. The molecule has 1 aliphatic carbocycles. The van der Waals surface area contributed by atoms with Crippen LogP contribution in [0.1, 0.15) is 63.1 Å². The SMILES string of the molecule is COc1ccc2nccc([C@H](F)CC[C@@H]3CCN(CCC4CCCC4)C[C@@H]3C(=O)O)c2c1. The van der Waals surface area contributed by atoms with Crippen molar-refractivity contribution in [3.63, 3.8) is 0 Å². The molecule has 2 aliphatic rings. The molecule has 2 aromatic rings. The first-order valence-corrected chi connectivity index (χ1v) is 12.1. The molecule has 1 saturated carbocycles. The fourth-order valence-electron chi connectivity index (χ4n) is 5.62. The largest absolute Gasteiger partial charge is 0.497 e. The van der Waals surface area contributed by atoms with Crippen LogP contribution in [0.25, 0.3) is 10.9 Å². The van der Waals surface area contributed by atoms with Gasteiger partial charge in [-0.25, -0.2) is 4.39 Å².